The van der Waals surface area contributed by atoms with Gasteiger partial charge in [0.25, 0.3) is 0 Å². The molecule has 2 atom stereocenters. The first kappa shape index (κ1) is 13.6. The van der Waals surface area contributed by atoms with Crippen molar-refractivity contribution < 1.29 is 0 Å². The number of nitrogens with one attached hydrogen (secondary N) is 2. The molecule has 2 N–H and O–H groups in total. The van der Waals surface area contributed by atoms with Crippen LogP contribution in [0, 0.1) is 19.8 Å². The van der Waals surface area contributed by atoms with Crippen LogP contribution in [-0.4, -0.2) is 20.1 Å². The van der Waals surface area contributed by atoms with Gasteiger partial charge in [-0.1, -0.05) is 23.8 Å². The SMILES string of the molecule is CNC(CC1CCCNC1)c1cc(C)ccc1C. The molecule has 2 nitrogen and oxygen atoms in total. The predicted molar refractivity (Wildman–Crippen MR) is 77.9 cm³/mol. The van der Waals surface area contributed by atoms with Crippen LogP contribution in [0.2, 0.25) is 0 Å². The summed E-state index contributed by atoms with van der Waals surface area (Å²) in [4.78, 5) is 0. The maximum atomic E-state index is 3.51. The Hall–Kier alpha value is -0.860. The average molecular weight is 246 g/mol. The normalized spacial score (nSPS) is 21.8. The second-order valence-electron chi connectivity index (χ2n) is 5.65. The number of benzene rings is 1. The molecule has 1 aromatic carbocycles. The summed E-state index contributed by atoms with van der Waals surface area (Å²) in [5.74, 6) is 0.816. The van der Waals surface area contributed by atoms with Crippen molar-refractivity contribution >= 4 is 0 Å². The van der Waals surface area contributed by atoms with Crippen LogP contribution in [0.25, 0.3) is 0 Å². The van der Waals surface area contributed by atoms with Gasteiger partial charge in [-0.15, -0.1) is 0 Å². The summed E-state index contributed by atoms with van der Waals surface area (Å²) in [6.45, 7) is 6.78. The number of aryl methyl sites for hydroxylation is 2. The maximum Gasteiger partial charge on any atom is 0.0323 e. The van der Waals surface area contributed by atoms with Crippen LogP contribution in [-0.2, 0) is 0 Å². The minimum atomic E-state index is 0.495. The van der Waals surface area contributed by atoms with Gasteiger partial charge >= 0.3 is 0 Å². The van der Waals surface area contributed by atoms with Crippen LogP contribution >= 0.6 is 0 Å². The Morgan fingerprint density at radius 2 is 2.22 bits per heavy atom. The average Bonchev–Trinajstić information content (AvgIpc) is 2.40. The van der Waals surface area contributed by atoms with E-state index in [1.165, 1.54) is 49.0 Å². The molecule has 1 fully saturated rings. The smallest absolute Gasteiger partial charge is 0.0323 e. The van der Waals surface area contributed by atoms with Crippen LogP contribution < -0.4 is 10.6 Å². The Kier molecular flexibility index (Phi) is 4.79. The van der Waals surface area contributed by atoms with E-state index >= 15 is 0 Å². The lowest BCUT2D eigenvalue weighted by Gasteiger charge is -2.28. The molecular formula is C16H26N2. The van der Waals surface area contributed by atoms with Gasteiger partial charge < -0.3 is 10.6 Å². The highest BCUT2D eigenvalue weighted by Gasteiger charge is 2.20. The fraction of sp³-hybridized carbons (Fsp3) is 0.625. The van der Waals surface area contributed by atoms with Crippen molar-refractivity contribution in [2.24, 2.45) is 5.92 Å². The van der Waals surface area contributed by atoms with Crippen molar-refractivity contribution in [2.45, 2.75) is 39.2 Å². The van der Waals surface area contributed by atoms with E-state index in [2.05, 4.69) is 49.7 Å². The molecule has 0 aromatic heterocycles. The third kappa shape index (κ3) is 3.33. The Morgan fingerprint density at radius 3 is 2.89 bits per heavy atom. The summed E-state index contributed by atoms with van der Waals surface area (Å²) < 4.78 is 0. The Balaban J connectivity index is 2.09. The van der Waals surface area contributed by atoms with Crippen molar-refractivity contribution in [2.75, 3.05) is 20.1 Å². The van der Waals surface area contributed by atoms with E-state index in [0.717, 1.165) is 5.92 Å². The zero-order chi connectivity index (χ0) is 13.0. The number of rotatable bonds is 4. The highest BCUT2D eigenvalue weighted by Crippen LogP contribution is 2.27. The molecule has 1 saturated heterocycles. The summed E-state index contributed by atoms with van der Waals surface area (Å²) in [7, 11) is 2.09. The van der Waals surface area contributed by atoms with Crippen molar-refractivity contribution in [3.05, 3.63) is 34.9 Å². The topological polar surface area (TPSA) is 24.1 Å². The molecular weight excluding hydrogens is 220 g/mol. The maximum absolute atomic E-state index is 3.51. The van der Waals surface area contributed by atoms with Crippen molar-refractivity contribution in [3.8, 4) is 0 Å². The molecule has 0 spiro atoms. The van der Waals surface area contributed by atoms with Crippen molar-refractivity contribution in [1.82, 2.24) is 10.6 Å². The quantitative estimate of drug-likeness (QED) is 0.853. The summed E-state index contributed by atoms with van der Waals surface area (Å²) in [5.41, 5.74) is 4.24. The molecule has 2 unspecified atom stereocenters. The van der Waals surface area contributed by atoms with Crippen LogP contribution in [0.3, 0.4) is 0 Å². The third-order valence-electron chi connectivity index (χ3n) is 4.13. The molecule has 18 heavy (non-hydrogen) atoms. The molecule has 0 aliphatic carbocycles. The molecule has 1 heterocycles. The Morgan fingerprint density at radius 1 is 1.39 bits per heavy atom. The minimum absolute atomic E-state index is 0.495. The van der Waals surface area contributed by atoms with Gasteiger partial charge in [-0.05, 0) is 70.3 Å². The monoisotopic (exact) mass is 246 g/mol. The molecule has 2 rings (SSSR count). The summed E-state index contributed by atoms with van der Waals surface area (Å²) in [6, 6.07) is 7.28. The standard InChI is InChI=1S/C16H26N2/c1-12-6-7-13(2)15(9-12)16(17-3)10-14-5-4-8-18-11-14/h6-7,9,14,16-18H,4-5,8,10-11H2,1-3H3. The summed E-state index contributed by atoms with van der Waals surface area (Å²) in [5, 5.41) is 7.02. The molecule has 2 heteroatoms. The van der Waals surface area contributed by atoms with E-state index in [1.807, 2.05) is 0 Å². The van der Waals surface area contributed by atoms with Crippen molar-refractivity contribution in [3.63, 3.8) is 0 Å². The van der Waals surface area contributed by atoms with E-state index < -0.39 is 0 Å². The lowest BCUT2D eigenvalue weighted by molar-refractivity contribution is 0.321. The first-order valence-electron chi connectivity index (χ1n) is 7.16. The van der Waals surface area contributed by atoms with Gasteiger partial charge in [0, 0.05) is 6.04 Å². The van der Waals surface area contributed by atoms with E-state index in [0.29, 0.717) is 6.04 Å². The fourth-order valence-corrected chi connectivity index (χ4v) is 2.99. The van der Waals surface area contributed by atoms with Gasteiger partial charge in [0.15, 0.2) is 0 Å². The summed E-state index contributed by atoms with van der Waals surface area (Å²) >= 11 is 0. The highest BCUT2D eigenvalue weighted by molar-refractivity contribution is 5.33. The zero-order valence-electron chi connectivity index (χ0n) is 11.9. The minimum Gasteiger partial charge on any atom is -0.316 e. The number of piperidine rings is 1. The van der Waals surface area contributed by atoms with Gasteiger partial charge in [-0.3, -0.25) is 0 Å². The van der Waals surface area contributed by atoms with Gasteiger partial charge in [0.05, 0.1) is 0 Å². The van der Waals surface area contributed by atoms with E-state index in [9.17, 15) is 0 Å². The van der Waals surface area contributed by atoms with E-state index in [4.69, 9.17) is 0 Å². The molecule has 0 radical (unpaired) electrons. The van der Waals surface area contributed by atoms with Crippen LogP contribution in [0.1, 0.15) is 42.0 Å². The molecule has 1 aliphatic heterocycles. The number of hydrogen-bond acceptors (Lipinski definition) is 2. The van der Waals surface area contributed by atoms with Gasteiger partial charge in [0.2, 0.25) is 0 Å². The van der Waals surface area contributed by atoms with E-state index in [1.54, 1.807) is 0 Å². The van der Waals surface area contributed by atoms with Crippen LogP contribution in [0.15, 0.2) is 18.2 Å². The first-order valence-corrected chi connectivity index (χ1v) is 7.16. The zero-order valence-corrected chi connectivity index (χ0v) is 11.9. The van der Waals surface area contributed by atoms with Crippen LogP contribution in [0.4, 0.5) is 0 Å². The third-order valence-corrected chi connectivity index (χ3v) is 4.13. The lowest BCUT2D eigenvalue weighted by atomic mass is 9.87. The molecule has 0 amide bonds. The predicted octanol–water partition coefficient (Wildman–Crippen LogP) is 2.95. The highest BCUT2D eigenvalue weighted by atomic mass is 14.9. The molecule has 100 valence electrons. The number of hydrogen-bond donors (Lipinski definition) is 2. The van der Waals surface area contributed by atoms with Crippen molar-refractivity contribution in [1.29, 1.82) is 0 Å². The lowest BCUT2D eigenvalue weighted by Crippen LogP contribution is -2.32. The second-order valence-corrected chi connectivity index (χ2v) is 5.65. The Labute approximate surface area is 111 Å². The fourth-order valence-electron chi connectivity index (χ4n) is 2.99. The van der Waals surface area contributed by atoms with Gasteiger partial charge in [-0.2, -0.15) is 0 Å². The van der Waals surface area contributed by atoms with E-state index in [-0.39, 0.29) is 0 Å². The molecule has 1 aliphatic rings. The van der Waals surface area contributed by atoms with Gasteiger partial charge in [-0.25, -0.2) is 0 Å². The van der Waals surface area contributed by atoms with Crippen LogP contribution in [0.5, 0.6) is 0 Å². The summed E-state index contributed by atoms with van der Waals surface area (Å²) in [6.07, 6.45) is 3.94. The Bertz CT molecular complexity index is 381. The molecule has 0 bridgehead atoms. The van der Waals surface area contributed by atoms with Gasteiger partial charge in [0.1, 0.15) is 0 Å². The largest absolute Gasteiger partial charge is 0.316 e. The first-order chi connectivity index (χ1) is 8.70. The molecule has 0 saturated carbocycles. The molecule has 1 aromatic rings. The second kappa shape index (κ2) is 6.35.